The highest BCUT2D eigenvalue weighted by Crippen LogP contribution is 2.27. The van der Waals surface area contributed by atoms with E-state index in [1.807, 2.05) is 24.3 Å². The minimum absolute atomic E-state index is 0.137. The third-order valence-corrected chi connectivity index (χ3v) is 7.57. The summed E-state index contributed by atoms with van der Waals surface area (Å²) in [7, 11) is -3.70. The third-order valence-electron chi connectivity index (χ3n) is 5.71. The number of primary amides is 1. The van der Waals surface area contributed by atoms with Gasteiger partial charge in [-0.1, -0.05) is 42.5 Å². The van der Waals surface area contributed by atoms with E-state index in [0.717, 1.165) is 16.3 Å². The third kappa shape index (κ3) is 4.81. The summed E-state index contributed by atoms with van der Waals surface area (Å²) >= 11 is 0. The summed E-state index contributed by atoms with van der Waals surface area (Å²) < 4.78 is 27.9. The maximum Gasteiger partial charge on any atom is 0.243 e. The first-order chi connectivity index (χ1) is 15.3. The largest absolute Gasteiger partial charge is 0.369 e. The molecule has 3 aromatic carbocycles. The molecule has 1 saturated heterocycles. The van der Waals surface area contributed by atoms with Crippen LogP contribution < -0.4 is 11.1 Å². The molecule has 0 radical (unpaired) electrons. The maximum absolute atomic E-state index is 13.2. The number of nitrogens with two attached hydrogens (primary N) is 1. The van der Waals surface area contributed by atoms with E-state index in [1.165, 1.54) is 4.31 Å². The van der Waals surface area contributed by atoms with Crippen molar-refractivity contribution in [3.05, 3.63) is 72.3 Å². The van der Waals surface area contributed by atoms with Crippen molar-refractivity contribution in [2.45, 2.75) is 24.2 Å². The number of carbonyl (C=O) groups excluding carboxylic acids is 2. The van der Waals surface area contributed by atoms with Gasteiger partial charge in [0.2, 0.25) is 21.8 Å². The second-order valence-electron chi connectivity index (χ2n) is 8.04. The van der Waals surface area contributed by atoms with E-state index in [-0.39, 0.29) is 23.8 Å². The molecule has 0 aromatic heterocycles. The molecule has 7 nitrogen and oxygen atoms in total. The van der Waals surface area contributed by atoms with Crippen LogP contribution in [0.5, 0.6) is 0 Å². The highest BCUT2D eigenvalue weighted by atomic mass is 32.2. The molecule has 0 spiro atoms. The van der Waals surface area contributed by atoms with Crippen LogP contribution in [0, 0.1) is 5.92 Å². The standard InChI is InChI=1S/C24H25N3O4S/c25-23(28)14-17-7-10-21(11-8-17)26-24(29)20-6-3-13-27(16-20)32(30,31)22-12-9-18-4-1-2-5-19(18)15-22/h1-2,4-5,7-12,15,20H,3,6,13-14,16H2,(H2,25,28)(H,26,29)/t20-/m1/s1. The molecule has 8 heteroatoms. The van der Waals surface area contributed by atoms with Crippen molar-refractivity contribution in [2.75, 3.05) is 18.4 Å². The zero-order valence-electron chi connectivity index (χ0n) is 17.5. The normalized spacial score (nSPS) is 17.2. The zero-order valence-corrected chi connectivity index (χ0v) is 18.3. The van der Waals surface area contributed by atoms with Gasteiger partial charge < -0.3 is 11.1 Å². The van der Waals surface area contributed by atoms with Gasteiger partial charge in [-0.3, -0.25) is 9.59 Å². The molecule has 32 heavy (non-hydrogen) atoms. The van der Waals surface area contributed by atoms with Gasteiger partial charge in [0.1, 0.15) is 0 Å². The van der Waals surface area contributed by atoms with E-state index < -0.39 is 21.8 Å². The Morgan fingerprint density at radius 3 is 2.44 bits per heavy atom. The van der Waals surface area contributed by atoms with Crippen molar-refractivity contribution in [1.29, 1.82) is 0 Å². The summed E-state index contributed by atoms with van der Waals surface area (Å²) in [4.78, 5) is 24.1. The van der Waals surface area contributed by atoms with E-state index in [0.29, 0.717) is 25.1 Å². The van der Waals surface area contributed by atoms with Crippen molar-refractivity contribution in [3.63, 3.8) is 0 Å². The number of nitrogens with zero attached hydrogens (tertiary/aromatic N) is 1. The average molecular weight is 452 g/mol. The Kier molecular flexibility index (Phi) is 6.25. The molecule has 3 aromatic rings. The maximum atomic E-state index is 13.2. The summed E-state index contributed by atoms with van der Waals surface area (Å²) in [5, 5.41) is 4.69. The smallest absolute Gasteiger partial charge is 0.243 e. The van der Waals surface area contributed by atoms with Gasteiger partial charge in [0, 0.05) is 18.8 Å². The highest BCUT2D eigenvalue weighted by Gasteiger charge is 2.33. The minimum Gasteiger partial charge on any atom is -0.369 e. The van der Waals surface area contributed by atoms with Gasteiger partial charge in [0.15, 0.2) is 0 Å². The Hall–Kier alpha value is -3.23. The molecule has 1 heterocycles. The van der Waals surface area contributed by atoms with Gasteiger partial charge >= 0.3 is 0 Å². The van der Waals surface area contributed by atoms with Crippen molar-refractivity contribution < 1.29 is 18.0 Å². The van der Waals surface area contributed by atoms with Crippen molar-refractivity contribution in [1.82, 2.24) is 4.31 Å². The fraction of sp³-hybridized carbons (Fsp3) is 0.250. The average Bonchev–Trinajstić information content (AvgIpc) is 2.79. The molecule has 2 amide bonds. The lowest BCUT2D eigenvalue weighted by Gasteiger charge is -2.31. The molecule has 0 bridgehead atoms. The predicted molar refractivity (Wildman–Crippen MR) is 123 cm³/mol. The van der Waals surface area contributed by atoms with Crippen molar-refractivity contribution in [2.24, 2.45) is 11.7 Å². The molecular formula is C24H25N3O4S. The highest BCUT2D eigenvalue weighted by molar-refractivity contribution is 7.89. The van der Waals surface area contributed by atoms with E-state index in [9.17, 15) is 18.0 Å². The Balaban J connectivity index is 1.46. The second-order valence-corrected chi connectivity index (χ2v) is 9.98. The van der Waals surface area contributed by atoms with E-state index in [4.69, 9.17) is 5.73 Å². The lowest BCUT2D eigenvalue weighted by molar-refractivity contribution is -0.121. The van der Waals surface area contributed by atoms with Gasteiger partial charge in [0.25, 0.3) is 0 Å². The molecule has 1 aliphatic rings. The Bertz CT molecular complexity index is 1260. The van der Waals surface area contributed by atoms with Crippen molar-refractivity contribution in [3.8, 4) is 0 Å². The van der Waals surface area contributed by atoms with Gasteiger partial charge in [-0.05, 0) is 53.4 Å². The molecule has 1 atom stereocenters. The zero-order chi connectivity index (χ0) is 22.7. The molecule has 3 N–H and O–H groups in total. The number of benzene rings is 3. The first-order valence-electron chi connectivity index (χ1n) is 10.5. The Morgan fingerprint density at radius 2 is 1.72 bits per heavy atom. The van der Waals surface area contributed by atoms with Crippen LogP contribution in [0.1, 0.15) is 18.4 Å². The number of anilines is 1. The van der Waals surface area contributed by atoms with Crippen LogP contribution in [-0.4, -0.2) is 37.6 Å². The Morgan fingerprint density at radius 1 is 1.00 bits per heavy atom. The number of amides is 2. The van der Waals surface area contributed by atoms with E-state index >= 15 is 0 Å². The number of piperidine rings is 1. The van der Waals surface area contributed by atoms with E-state index in [1.54, 1.807) is 42.5 Å². The summed E-state index contributed by atoms with van der Waals surface area (Å²) in [5.41, 5.74) is 6.56. The summed E-state index contributed by atoms with van der Waals surface area (Å²) in [6, 6.07) is 19.6. The number of hydrogen-bond acceptors (Lipinski definition) is 4. The summed E-state index contributed by atoms with van der Waals surface area (Å²) in [6.45, 7) is 0.529. The first-order valence-corrected chi connectivity index (χ1v) is 11.9. The van der Waals surface area contributed by atoms with Crippen LogP contribution in [0.2, 0.25) is 0 Å². The lowest BCUT2D eigenvalue weighted by Crippen LogP contribution is -2.43. The molecular weight excluding hydrogens is 426 g/mol. The summed E-state index contributed by atoms with van der Waals surface area (Å²) in [5.74, 6) is -1.08. The monoisotopic (exact) mass is 451 g/mol. The van der Waals surface area contributed by atoms with Crippen LogP contribution in [0.15, 0.2) is 71.6 Å². The summed E-state index contributed by atoms with van der Waals surface area (Å²) in [6.07, 6.45) is 1.37. The molecule has 0 aliphatic carbocycles. The second kappa shape index (κ2) is 9.10. The number of sulfonamides is 1. The van der Waals surface area contributed by atoms with Crippen LogP contribution in [-0.2, 0) is 26.0 Å². The molecule has 1 aliphatic heterocycles. The van der Waals surface area contributed by atoms with E-state index in [2.05, 4.69) is 5.32 Å². The van der Waals surface area contributed by atoms with Gasteiger partial charge in [-0.2, -0.15) is 4.31 Å². The molecule has 1 fully saturated rings. The quantitative estimate of drug-likeness (QED) is 0.600. The fourth-order valence-corrected chi connectivity index (χ4v) is 5.56. The number of nitrogens with one attached hydrogen (secondary N) is 1. The predicted octanol–water partition coefficient (Wildman–Crippen LogP) is 2.91. The number of carbonyl (C=O) groups is 2. The SMILES string of the molecule is NC(=O)Cc1ccc(NC(=O)[C@@H]2CCCN(S(=O)(=O)c3ccc4ccccc4c3)C2)cc1. The molecule has 166 valence electrons. The molecule has 4 rings (SSSR count). The first kappa shape index (κ1) is 22.0. The van der Waals surface area contributed by atoms with Crippen LogP contribution >= 0.6 is 0 Å². The number of rotatable bonds is 6. The fourth-order valence-electron chi connectivity index (χ4n) is 4.00. The van der Waals surface area contributed by atoms with Gasteiger partial charge in [-0.25, -0.2) is 8.42 Å². The number of hydrogen-bond donors (Lipinski definition) is 2. The van der Waals surface area contributed by atoms with Crippen LogP contribution in [0.3, 0.4) is 0 Å². The van der Waals surface area contributed by atoms with Crippen LogP contribution in [0.4, 0.5) is 5.69 Å². The lowest BCUT2D eigenvalue weighted by atomic mass is 9.98. The van der Waals surface area contributed by atoms with Gasteiger partial charge in [0.05, 0.1) is 17.2 Å². The topological polar surface area (TPSA) is 110 Å². The molecule has 0 unspecified atom stereocenters. The minimum atomic E-state index is -3.70. The van der Waals surface area contributed by atoms with Crippen LogP contribution in [0.25, 0.3) is 10.8 Å². The molecule has 0 saturated carbocycles. The van der Waals surface area contributed by atoms with Crippen molar-refractivity contribution >= 4 is 38.3 Å². The Labute approximate surface area is 187 Å². The van der Waals surface area contributed by atoms with Gasteiger partial charge in [-0.15, -0.1) is 0 Å². The number of fused-ring (bicyclic) bond motifs is 1.